The Hall–Kier alpha value is -2.38. The van der Waals surface area contributed by atoms with Crippen LogP contribution in [0.4, 0.5) is 10.0 Å². The lowest BCUT2D eigenvalue weighted by molar-refractivity contribution is 0.0481. The predicted octanol–water partition coefficient (Wildman–Crippen LogP) is 4.09. The Morgan fingerprint density at radius 3 is 2.24 bits per heavy atom. The summed E-state index contributed by atoms with van der Waals surface area (Å²) in [6, 6.07) is 7.00. The summed E-state index contributed by atoms with van der Waals surface area (Å²) >= 11 is 6.87. The quantitative estimate of drug-likeness (QED) is 0.602. The number of hydrogen-bond acceptors (Lipinski definition) is 7. The first kappa shape index (κ1) is 19.0. The van der Waals surface area contributed by atoms with Gasteiger partial charge in [0.05, 0.1) is 13.2 Å². The van der Waals surface area contributed by atoms with E-state index in [1.54, 1.807) is 44.3 Å². The fourth-order valence-corrected chi connectivity index (χ4v) is 3.02. The average Bonchev–Trinajstić information content (AvgIpc) is 2.91. The predicted molar refractivity (Wildman–Crippen MR) is 99.4 cm³/mol. The van der Waals surface area contributed by atoms with Crippen molar-refractivity contribution in [3.8, 4) is 0 Å². The van der Waals surface area contributed by atoms with Gasteiger partial charge in [-0.05, 0) is 31.5 Å². The van der Waals surface area contributed by atoms with Crippen LogP contribution >= 0.6 is 22.9 Å². The lowest BCUT2D eigenvalue weighted by Crippen LogP contribution is -2.13. The maximum atomic E-state index is 12.3. The van der Waals surface area contributed by atoms with Crippen molar-refractivity contribution >= 4 is 51.1 Å². The van der Waals surface area contributed by atoms with E-state index in [9.17, 15) is 9.59 Å². The molecule has 0 fully saturated rings. The average molecular weight is 381 g/mol. The molecule has 0 saturated carbocycles. The molecular formula is C17H17ClN2O4S. The highest BCUT2D eigenvalue weighted by Crippen LogP contribution is 2.38. The van der Waals surface area contributed by atoms with Crippen molar-refractivity contribution in [2.45, 2.75) is 13.8 Å². The lowest BCUT2D eigenvalue weighted by atomic mass is 10.1. The molecule has 0 unspecified atom stereocenters. The van der Waals surface area contributed by atoms with Crippen molar-refractivity contribution in [2.24, 2.45) is 4.99 Å². The van der Waals surface area contributed by atoms with Gasteiger partial charge in [-0.1, -0.05) is 35.1 Å². The zero-order valence-electron chi connectivity index (χ0n) is 13.7. The second kappa shape index (κ2) is 8.64. The summed E-state index contributed by atoms with van der Waals surface area (Å²) in [4.78, 5) is 28.7. The highest BCUT2D eigenvalue weighted by molar-refractivity contribution is 7.20. The van der Waals surface area contributed by atoms with Crippen LogP contribution in [0.3, 0.4) is 0 Å². The van der Waals surface area contributed by atoms with Crippen molar-refractivity contribution in [2.75, 3.05) is 18.9 Å². The van der Waals surface area contributed by atoms with Gasteiger partial charge in [-0.3, -0.25) is 0 Å². The van der Waals surface area contributed by atoms with E-state index in [-0.39, 0.29) is 34.3 Å². The maximum absolute atomic E-state index is 12.3. The Kier molecular flexibility index (Phi) is 6.55. The number of ether oxygens (including phenoxy) is 2. The monoisotopic (exact) mass is 380 g/mol. The van der Waals surface area contributed by atoms with Crippen LogP contribution in [0.15, 0.2) is 29.3 Å². The Balaban J connectivity index is 2.45. The zero-order chi connectivity index (χ0) is 18.4. The van der Waals surface area contributed by atoms with Gasteiger partial charge in [0.25, 0.3) is 0 Å². The van der Waals surface area contributed by atoms with Crippen LogP contribution in [-0.2, 0) is 9.47 Å². The van der Waals surface area contributed by atoms with Crippen LogP contribution in [-0.4, -0.2) is 31.4 Å². The summed E-state index contributed by atoms with van der Waals surface area (Å²) in [5.74, 6) is -1.34. The van der Waals surface area contributed by atoms with Gasteiger partial charge in [-0.2, -0.15) is 0 Å². The Bertz CT molecular complexity index is 800. The van der Waals surface area contributed by atoms with Crippen molar-refractivity contribution in [3.63, 3.8) is 0 Å². The Morgan fingerprint density at radius 2 is 1.68 bits per heavy atom. The molecule has 25 heavy (non-hydrogen) atoms. The topological polar surface area (TPSA) is 91.0 Å². The first-order chi connectivity index (χ1) is 12.0. The van der Waals surface area contributed by atoms with Crippen LogP contribution in [0.5, 0.6) is 0 Å². The molecule has 0 aliphatic heterocycles. The van der Waals surface area contributed by atoms with Gasteiger partial charge in [-0.15, -0.1) is 0 Å². The second-order valence-electron chi connectivity index (χ2n) is 4.77. The normalized spacial score (nSPS) is 10.8. The van der Waals surface area contributed by atoms with Gasteiger partial charge in [0, 0.05) is 11.2 Å². The van der Waals surface area contributed by atoms with E-state index in [2.05, 4.69) is 4.99 Å². The zero-order valence-corrected chi connectivity index (χ0v) is 15.3. The molecule has 1 aromatic heterocycles. The largest absolute Gasteiger partial charge is 0.462 e. The molecule has 2 N–H and O–H groups in total. The summed E-state index contributed by atoms with van der Waals surface area (Å²) in [6.07, 6.45) is 1.55. The van der Waals surface area contributed by atoms with Crippen LogP contribution in [0.1, 0.15) is 40.1 Å². The molecule has 132 valence electrons. The number of halogens is 1. The van der Waals surface area contributed by atoms with Crippen molar-refractivity contribution in [1.82, 2.24) is 0 Å². The molecule has 8 heteroatoms. The lowest BCUT2D eigenvalue weighted by Gasteiger charge is -2.05. The highest BCUT2D eigenvalue weighted by Gasteiger charge is 2.29. The van der Waals surface area contributed by atoms with Crippen LogP contribution < -0.4 is 5.73 Å². The number of rotatable bonds is 6. The third-order valence-corrected chi connectivity index (χ3v) is 4.26. The van der Waals surface area contributed by atoms with E-state index in [1.807, 2.05) is 0 Å². The van der Waals surface area contributed by atoms with Gasteiger partial charge in [-0.25, -0.2) is 14.6 Å². The van der Waals surface area contributed by atoms with E-state index in [0.29, 0.717) is 5.02 Å². The van der Waals surface area contributed by atoms with E-state index in [0.717, 1.165) is 16.9 Å². The molecule has 6 nitrogen and oxygen atoms in total. The smallest absolute Gasteiger partial charge is 0.342 e. The minimum Gasteiger partial charge on any atom is -0.462 e. The fraction of sp³-hybridized carbons (Fsp3) is 0.235. The molecule has 1 aromatic carbocycles. The summed E-state index contributed by atoms with van der Waals surface area (Å²) < 4.78 is 10.0. The number of aliphatic imine (C=N–C) groups is 1. The van der Waals surface area contributed by atoms with Crippen LogP contribution in [0, 0.1) is 0 Å². The number of nitrogen functional groups attached to an aromatic ring is 1. The maximum Gasteiger partial charge on any atom is 0.342 e. The number of nitrogens with zero attached hydrogens (tertiary/aromatic N) is 1. The number of nitrogens with two attached hydrogens (primary N) is 1. The molecule has 0 aliphatic rings. The molecule has 2 rings (SSSR count). The number of carbonyl (C=O) groups excluding carboxylic acids is 2. The minimum absolute atomic E-state index is 0.00597. The van der Waals surface area contributed by atoms with Gasteiger partial charge in [0.2, 0.25) is 0 Å². The summed E-state index contributed by atoms with van der Waals surface area (Å²) in [5.41, 5.74) is 6.71. The number of thiophene rings is 1. The standard InChI is InChI=1S/C17H17ClN2O4S/c1-3-23-16(21)12-13(17(22)24-4-2)15(25-14(12)19)20-9-10-5-7-11(18)8-6-10/h5-9H,3-4,19H2,1-2H3. The van der Waals surface area contributed by atoms with E-state index in [4.69, 9.17) is 26.8 Å². The minimum atomic E-state index is -0.674. The fourth-order valence-electron chi connectivity index (χ4n) is 2.01. The summed E-state index contributed by atoms with van der Waals surface area (Å²) in [7, 11) is 0. The summed E-state index contributed by atoms with van der Waals surface area (Å²) in [5, 5.41) is 1.05. The number of carbonyl (C=O) groups is 2. The molecule has 0 amide bonds. The van der Waals surface area contributed by atoms with Gasteiger partial charge in [0.15, 0.2) is 0 Å². The molecule has 0 spiro atoms. The van der Waals surface area contributed by atoms with Crippen molar-refractivity contribution in [1.29, 1.82) is 0 Å². The third-order valence-electron chi connectivity index (χ3n) is 3.08. The SMILES string of the molecule is CCOC(=O)c1c(N)sc(N=Cc2ccc(Cl)cc2)c1C(=O)OCC. The van der Waals surface area contributed by atoms with Crippen LogP contribution in [0.25, 0.3) is 0 Å². The van der Waals surface area contributed by atoms with Gasteiger partial charge in [0.1, 0.15) is 21.1 Å². The molecule has 0 radical (unpaired) electrons. The first-order valence-corrected chi connectivity index (χ1v) is 8.73. The molecular weight excluding hydrogens is 364 g/mol. The van der Waals surface area contributed by atoms with Gasteiger partial charge < -0.3 is 15.2 Å². The van der Waals surface area contributed by atoms with E-state index >= 15 is 0 Å². The second-order valence-corrected chi connectivity index (χ2v) is 6.24. The first-order valence-electron chi connectivity index (χ1n) is 7.54. The number of hydrogen-bond donors (Lipinski definition) is 1. The number of benzene rings is 1. The third kappa shape index (κ3) is 4.58. The number of anilines is 1. The van der Waals surface area contributed by atoms with Crippen molar-refractivity contribution < 1.29 is 19.1 Å². The molecule has 0 atom stereocenters. The molecule has 2 aromatic rings. The highest BCUT2D eigenvalue weighted by atomic mass is 35.5. The van der Waals surface area contributed by atoms with E-state index < -0.39 is 11.9 Å². The number of esters is 2. The Labute approximate surface area is 154 Å². The Morgan fingerprint density at radius 1 is 1.12 bits per heavy atom. The van der Waals surface area contributed by atoms with Crippen LogP contribution in [0.2, 0.25) is 5.02 Å². The molecule has 0 aliphatic carbocycles. The molecule has 0 saturated heterocycles. The van der Waals surface area contributed by atoms with Gasteiger partial charge >= 0.3 is 11.9 Å². The molecule has 1 heterocycles. The van der Waals surface area contributed by atoms with E-state index in [1.165, 1.54) is 0 Å². The summed E-state index contributed by atoms with van der Waals surface area (Å²) in [6.45, 7) is 3.68. The molecule has 0 bridgehead atoms. The van der Waals surface area contributed by atoms with Crippen molar-refractivity contribution in [3.05, 3.63) is 46.0 Å².